The summed E-state index contributed by atoms with van der Waals surface area (Å²) in [5.74, 6) is 0. The van der Waals surface area contributed by atoms with Crippen molar-refractivity contribution in [3.8, 4) is 0 Å². The molecule has 0 amide bonds. The van der Waals surface area contributed by atoms with Crippen LogP contribution in [0.4, 0.5) is 5.69 Å². The van der Waals surface area contributed by atoms with Crippen molar-refractivity contribution in [2.45, 2.75) is 0 Å². The highest BCUT2D eigenvalue weighted by Gasteiger charge is 2.21. The van der Waals surface area contributed by atoms with Gasteiger partial charge in [-0.1, -0.05) is 18.2 Å². The predicted molar refractivity (Wildman–Crippen MR) is 66.8 cm³/mol. The second-order valence-electron chi connectivity index (χ2n) is 3.69. The average Bonchev–Trinajstić information content (AvgIpc) is 2.38. The zero-order valence-corrected chi connectivity index (χ0v) is 11.6. The average molecular weight is 302 g/mol. The number of hydrogen-bond acceptors (Lipinski definition) is 5. The van der Waals surface area contributed by atoms with Crippen LogP contribution in [0.3, 0.4) is 0 Å². The molecule has 1 unspecified atom stereocenters. The van der Waals surface area contributed by atoms with E-state index in [1.807, 2.05) is 42.3 Å². The molecule has 0 bridgehead atoms. The third kappa shape index (κ3) is 4.17. The standard InChI is InChI=1S/C12H12ClNO4S/c1-14(11-5-3-2-4-6-11)12-7-9-19(10-8-12)18-13(15,16)17/h2-10H,1H3. The highest BCUT2D eigenvalue weighted by molar-refractivity contribution is 8.13. The van der Waals surface area contributed by atoms with Crippen molar-refractivity contribution >= 4 is 21.8 Å². The quantitative estimate of drug-likeness (QED) is 0.696. The Morgan fingerprint density at radius 1 is 1.16 bits per heavy atom. The van der Waals surface area contributed by atoms with Gasteiger partial charge in [0.15, 0.2) is 0 Å². The summed E-state index contributed by atoms with van der Waals surface area (Å²) in [5.41, 5.74) is 1.88. The van der Waals surface area contributed by atoms with Gasteiger partial charge in [0.2, 0.25) is 0 Å². The summed E-state index contributed by atoms with van der Waals surface area (Å²) in [6.45, 7) is 0. The van der Waals surface area contributed by atoms with Crippen LogP contribution >= 0.6 is 10.8 Å². The molecule has 1 aliphatic heterocycles. The summed E-state index contributed by atoms with van der Waals surface area (Å²) in [5, 5.41) is 3.08. The van der Waals surface area contributed by atoms with Crippen molar-refractivity contribution in [3.63, 3.8) is 0 Å². The van der Waals surface area contributed by atoms with Crippen LogP contribution in [-0.4, -0.2) is 12.4 Å². The van der Waals surface area contributed by atoms with Crippen molar-refractivity contribution in [2.75, 3.05) is 11.9 Å². The van der Waals surface area contributed by atoms with Gasteiger partial charge >= 0.3 is 0 Å². The molecule has 5 nitrogen and oxygen atoms in total. The normalized spacial score (nSPS) is 18.7. The lowest BCUT2D eigenvalue weighted by molar-refractivity contribution is -1.91. The van der Waals surface area contributed by atoms with Crippen molar-refractivity contribution in [1.29, 1.82) is 0 Å². The summed E-state index contributed by atoms with van der Waals surface area (Å²) in [4.78, 5) is 1.94. The molecular formula is C12H12ClNO4S. The molecule has 1 aromatic rings. The van der Waals surface area contributed by atoms with Gasteiger partial charge in [0, 0.05) is 29.2 Å². The Kier molecular flexibility index (Phi) is 4.41. The summed E-state index contributed by atoms with van der Waals surface area (Å²) in [6, 6.07) is 9.71. The van der Waals surface area contributed by atoms with E-state index in [0.717, 1.165) is 11.4 Å². The number of rotatable bonds is 4. The number of allylic oxidation sites excluding steroid dienone is 2. The largest absolute Gasteiger partial charge is 0.345 e. The van der Waals surface area contributed by atoms with E-state index in [1.54, 1.807) is 12.2 Å². The van der Waals surface area contributed by atoms with Crippen molar-refractivity contribution < 1.29 is 28.0 Å². The molecular weight excluding hydrogens is 290 g/mol. The van der Waals surface area contributed by atoms with E-state index in [4.69, 9.17) is 0 Å². The fourth-order valence-electron chi connectivity index (χ4n) is 1.53. The third-order valence-corrected chi connectivity index (χ3v) is 4.43. The molecule has 0 N–H and O–H groups in total. The van der Waals surface area contributed by atoms with E-state index in [1.165, 1.54) is 10.8 Å². The number of benzene rings is 1. The number of anilines is 1. The SMILES string of the molecule is CN(C1=CC=S(O[Cl+3]([O-])([O-])[O-])C=C1)c1ccccc1. The number of nitrogens with zero attached hydrogens (tertiary/aromatic N) is 1. The lowest BCUT2D eigenvalue weighted by Gasteiger charge is -2.21. The molecule has 1 aliphatic rings. The summed E-state index contributed by atoms with van der Waals surface area (Å²) >= 11 is 0. The van der Waals surface area contributed by atoms with Gasteiger partial charge in [-0.15, -0.1) is 0 Å². The summed E-state index contributed by atoms with van der Waals surface area (Å²) < 4.78 is 35.7. The van der Waals surface area contributed by atoms with E-state index in [9.17, 15) is 14.0 Å². The Labute approximate surface area is 115 Å². The minimum atomic E-state index is -4.40. The minimum absolute atomic E-state index is 0.874. The molecule has 0 aromatic heterocycles. The number of halogens is 1. The molecule has 0 saturated carbocycles. The first-order valence-corrected chi connectivity index (χ1v) is 7.81. The molecule has 0 aliphatic carbocycles. The van der Waals surface area contributed by atoms with Crippen molar-refractivity contribution in [3.05, 3.63) is 53.6 Å². The number of likely N-dealkylation sites (N-methyl/N-ethyl adjacent to an activating group) is 1. The molecule has 0 fully saturated rings. The Balaban J connectivity index is 2.11. The first-order chi connectivity index (χ1) is 8.96. The molecule has 102 valence electrons. The van der Waals surface area contributed by atoms with Gasteiger partial charge in [-0.2, -0.15) is 14.0 Å². The monoisotopic (exact) mass is 301 g/mol. The maximum Gasteiger partial charge on any atom is 0.140 e. The highest BCUT2D eigenvalue weighted by atomic mass is 35.7. The van der Waals surface area contributed by atoms with Gasteiger partial charge < -0.3 is 4.90 Å². The maximum atomic E-state index is 10.5. The lowest BCUT2D eigenvalue weighted by atomic mass is 10.2. The number of hydrogen-bond donors (Lipinski definition) is 0. The summed E-state index contributed by atoms with van der Waals surface area (Å²) in [7, 11) is -3.64. The first kappa shape index (κ1) is 14.3. The maximum absolute atomic E-state index is 10.5. The summed E-state index contributed by atoms with van der Waals surface area (Å²) in [6.07, 6.45) is 3.44. The minimum Gasteiger partial charge on any atom is -0.345 e. The van der Waals surface area contributed by atoms with Crippen molar-refractivity contribution in [1.82, 2.24) is 0 Å². The van der Waals surface area contributed by atoms with E-state index >= 15 is 0 Å². The van der Waals surface area contributed by atoms with E-state index in [0.29, 0.717) is 0 Å². The van der Waals surface area contributed by atoms with Crippen LogP contribution < -0.4 is 18.9 Å². The second kappa shape index (κ2) is 5.87. The van der Waals surface area contributed by atoms with Gasteiger partial charge in [-0.25, -0.2) is 0 Å². The molecule has 0 saturated heterocycles. The van der Waals surface area contributed by atoms with Crippen molar-refractivity contribution in [2.24, 2.45) is 0 Å². The molecule has 1 aromatic carbocycles. The topological polar surface area (TPSA) is 81.7 Å². The predicted octanol–water partition coefficient (Wildman–Crippen LogP) is -0.566. The Bertz CT molecular complexity index is 536. The molecule has 1 heterocycles. The highest BCUT2D eigenvalue weighted by Crippen LogP contribution is 2.26. The van der Waals surface area contributed by atoms with Gasteiger partial charge in [-0.3, -0.25) is 0 Å². The molecule has 1 atom stereocenters. The van der Waals surface area contributed by atoms with E-state index in [-0.39, 0.29) is 0 Å². The fraction of sp³-hybridized carbons (Fsp3) is 0.0833. The van der Waals surface area contributed by atoms with Gasteiger partial charge in [-0.05, 0) is 24.3 Å². The smallest absolute Gasteiger partial charge is 0.140 e. The zero-order valence-electron chi connectivity index (χ0n) is 10.1. The van der Waals surface area contributed by atoms with Crippen LogP contribution in [0, 0.1) is 10.2 Å². The van der Waals surface area contributed by atoms with Crippen LogP contribution in [-0.2, 0) is 3.74 Å². The van der Waals surface area contributed by atoms with E-state index < -0.39 is 21.0 Å². The van der Waals surface area contributed by atoms with Gasteiger partial charge in [0.25, 0.3) is 0 Å². The third-order valence-electron chi connectivity index (χ3n) is 2.43. The van der Waals surface area contributed by atoms with Crippen LogP contribution in [0.15, 0.2) is 53.6 Å². The molecule has 7 heteroatoms. The Morgan fingerprint density at radius 3 is 2.37 bits per heavy atom. The zero-order chi connectivity index (χ0) is 13.9. The fourth-order valence-corrected chi connectivity index (χ4v) is 3.22. The second-order valence-corrected chi connectivity index (χ2v) is 6.16. The Hall–Kier alpha value is -1.15. The van der Waals surface area contributed by atoms with Gasteiger partial charge in [0.05, 0.1) is 10.2 Å². The number of para-hydroxylation sites is 1. The van der Waals surface area contributed by atoms with Crippen LogP contribution in [0.1, 0.15) is 0 Å². The van der Waals surface area contributed by atoms with Crippen LogP contribution in [0.2, 0.25) is 0 Å². The lowest BCUT2D eigenvalue weighted by Crippen LogP contribution is -2.60. The molecule has 0 radical (unpaired) electrons. The molecule has 0 spiro atoms. The first-order valence-electron chi connectivity index (χ1n) is 5.30. The van der Waals surface area contributed by atoms with E-state index in [2.05, 4.69) is 3.74 Å². The van der Waals surface area contributed by atoms with Gasteiger partial charge in [0.1, 0.15) is 14.5 Å². The van der Waals surface area contributed by atoms with Crippen LogP contribution in [0.25, 0.3) is 0 Å². The molecule has 19 heavy (non-hydrogen) atoms. The van der Waals surface area contributed by atoms with Crippen LogP contribution in [0.5, 0.6) is 0 Å². The molecule has 2 rings (SSSR count). The Morgan fingerprint density at radius 2 is 1.84 bits per heavy atom.